The molecule has 12 aliphatic rings. The van der Waals surface area contributed by atoms with Crippen molar-refractivity contribution < 1.29 is 0 Å². The second kappa shape index (κ2) is 28.5. The molecule has 0 aromatic carbocycles. The van der Waals surface area contributed by atoms with E-state index in [4.69, 9.17) is 0 Å². The van der Waals surface area contributed by atoms with E-state index in [-0.39, 0.29) is 0 Å². The summed E-state index contributed by atoms with van der Waals surface area (Å²) in [6.45, 7) is 22.6. The third-order valence-electron chi connectivity index (χ3n) is 11.4. The van der Waals surface area contributed by atoms with Crippen LogP contribution in [0.5, 0.6) is 0 Å². The van der Waals surface area contributed by atoms with E-state index in [1.165, 1.54) is 142 Å². The van der Waals surface area contributed by atoms with Crippen LogP contribution in [0, 0.1) is 11.8 Å². The molecule has 2 aliphatic carbocycles. The van der Waals surface area contributed by atoms with Crippen molar-refractivity contribution in [3.05, 3.63) is 0 Å². The fourth-order valence-electron chi connectivity index (χ4n) is 9.06. The number of piperidine rings is 5. The first kappa shape index (κ1) is 44.8. The smallest absolute Gasteiger partial charge is 0.00850 e. The Balaban J connectivity index is 0.000000276. The summed E-state index contributed by atoms with van der Waals surface area (Å²) in [5, 5.41) is 17.6. The first-order valence-electron chi connectivity index (χ1n) is 22.0. The summed E-state index contributed by atoms with van der Waals surface area (Å²) in [5.41, 5.74) is 0. The molecule has 2 saturated carbocycles. The van der Waals surface area contributed by atoms with Gasteiger partial charge in [-0.2, -0.15) is 0 Å². The van der Waals surface area contributed by atoms with E-state index in [0.29, 0.717) is 0 Å². The summed E-state index contributed by atoms with van der Waals surface area (Å²) in [6.07, 6.45) is 29.2. The topological polar surface area (TPSA) is 60.1 Å². The molecule has 4 unspecified atom stereocenters. The molecule has 5 N–H and O–H groups in total. The molecule has 10 heterocycles. The zero-order valence-electron chi connectivity index (χ0n) is 33.8. The molecule has 0 aromatic heterocycles. The van der Waals surface area contributed by atoms with Gasteiger partial charge in [-0.15, -0.1) is 0 Å². The Morgan fingerprint density at radius 1 is 0.277 bits per heavy atom. The minimum absolute atomic E-state index is 0.900. The van der Waals surface area contributed by atoms with Crippen molar-refractivity contribution >= 4 is 0 Å². The normalized spacial score (nSPS) is 37.4. The van der Waals surface area contributed by atoms with Crippen molar-refractivity contribution in [1.82, 2.24) is 26.6 Å². The molecule has 10 aliphatic heterocycles. The van der Waals surface area contributed by atoms with Crippen LogP contribution in [0.2, 0.25) is 0 Å². The Bertz CT molecular complexity index is 597. The largest absolute Gasteiger partial charge is 0.316 e. The molecule has 47 heavy (non-hydrogen) atoms. The molecule has 5 nitrogen and oxygen atoms in total. The van der Waals surface area contributed by atoms with E-state index in [0.717, 1.165) is 60.2 Å². The lowest BCUT2D eigenvalue weighted by molar-refractivity contribution is 0.135. The second-order valence-electron chi connectivity index (χ2n) is 14.4. The van der Waals surface area contributed by atoms with Crippen LogP contribution in [0.25, 0.3) is 0 Å². The SMILES string of the molecule is C1CC2CC1N2.C1CC2CCC(C1)N2.C1CC2CCC1N2.C1CC2CCCC(C1)N2.C1NCC2CC1C2.CC.CC.CC.CC.CC. The lowest BCUT2D eigenvalue weighted by Crippen LogP contribution is -2.45. The first-order chi connectivity index (χ1) is 23.2. The van der Waals surface area contributed by atoms with Gasteiger partial charge in [0.15, 0.2) is 0 Å². The molecule has 0 radical (unpaired) electrons. The highest BCUT2D eigenvalue weighted by molar-refractivity contribution is 4.96. The summed E-state index contributed by atoms with van der Waals surface area (Å²) >= 11 is 0. The lowest BCUT2D eigenvalue weighted by atomic mass is 9.72. The summed E-state index contributed by atoms with van der Waals surface area (Å²) in [4.78, 5) is 0. The van der Waals surface area contributed by atoms with Crippen molar-refractivity contribution in [2.24, 2.45) is 11.8 Å². The predicted molar refractivity (Wildman–Crippen MR) is 212 cm³/mol. The quantitative estimate of drug-likeness (QED) is 0.179. The molecular weight excluding hydrogens is 574 g/mol. The van der Waals surface area contributed by atoms with Gasteiger partial charge >= 0.3 is 0 Å². The van der Waals surface area contributed by atoms with Crippen molar-refractivity contribution in [2.45, 2.75) is 246 Å². The van der Waals surface area contributed by atoms with Crippen molar-refractivity contribution in [2.75, 3.05) is 13.1 Å². The number of rotatable bonds is 0. The van der Waals surface area contributed by atoms with Gasteiger partial charge in [0.1, 0.15) is 0 Å². The van der Waals surface area contributed by atoms with Crippen LogP contribution in [0.15, 0.2) is 0 Å². The molecule has 10 saturated heterocycles. The third kappa shape index (κ3) is 17.0. The van der Waals surface area contributed by atoms with Gasteiger partial charge in [-0.05, 0) is 134 Å². The van der Waals surface area contributed by atoms with E-state index in [2.05, 4.69) is 26.6 Å². The Labute approximate surface area is 296 Å². The summed E-state index contributed by atoms with van der Waals surface area (Å²) in [7, 11) is 0. The average molecular weight is 664 g/mol. The van der Waals surface area contributed by atoms with Crippen LogP contribution in [0.4, 0.5) is 0 Å². The third-order valence-corrected chi connectivity index (χ3v) is 11.4. The van der Waals surface area contributed by atoms with Gasteiger partial charge in [-0.3, -0.25) is 0 Å². The monoisotopic (exact) mass is 664 g/mol. The molecular formula is C42H89N5. The average Bonchev–Trinajstić information content (AvgIpc) is 4.01. The number of hydrogen-bond acceptors (Lipinski definition) is 5. The number of hydrogen-bond donors (Lipinski definition) is 5. The van der Waals surface area contributed by atoms with Gasteiger partial charge in [0.05, 0.1) is 0 Å². The molecule has 4 atom stereocenters. The highest BCUT2D eigenvalue weighted by Gasteiger charge is 2.35. The van der Waals surface area contributed by atoms with Gasteiger partial charge in [0.2, 0.25) is 0 Å². The van der Waals surface area contributed by atoms with Gasteiger partial charge in [-0.25, -0.2) is 0 Å². The Hall–Kier alpha value is -0.200. The molecule has 10 bridgehead atoms. The molecule has 282 valence electrons. The Morgan fingerprint density at radius 2 is 0.489 bits per heavy atom. The van der Waals surface area contributed by atoms with E-state index in [9.17, 15) is 0 Å². The molecule has 12 fully saturated rings. The fourth-order valence-corrected chi connectivity index (χ4v) is 9.06. The molecule has 0 spiro atoms. The zero-order valence-corrected chi connectivity index (χ0v) is 33.8. The minimum atomic E-state index is 0.900. The van der Waals surface area contributed by atoms with Crippen LogP contribution in [-0.2, 0) is 0 Å². The van der Waals surface area contributed by atoms with E-state index in [1.807, 2.05) is 69.2 Å². The minimum Gasteiger partial charge on any atom is -0.316 e. The van der Waals surface area contributed by atoms with Crippen LogP contribution in [0.3, 0.4) is 0 Å². The maximum atomic E-state index is 3.65. The molecule has 0 amide bonds. The van der Waals surface area contributed by atoms with Crippen LogP contribution in [-0.4, -0.2) is 61.4 Å². The van der Waals surface area contributed by atoms with Crippen molar-refractivity contribution in [3.8, 4) is 0 Å². The van der Waals surface area contributed by atoms with E-state index >= 15 is 0 Å². The highest BCUT2D eigenvalue weighted by Crippen LogP contribution is 2.35. The fraction of sp³-hybridized carbons (Fsp3) is 1.00. The van der Waals surface area contributed by atoms with Gasteiger partial charge in [0, 0.05) is 48.3 Å². The van der Waals surface area contributed by atoms with Crippen LogP contribution < -0.4 is 26.6 Å². The van der Waals surface area contributed by atoms with Gasteiger partial charge < -0.3 is 26.6 Å². The number of fused-ring (bicyclic) bond motifs is 9. The molecule has 12 rings (SSSR count). The summed E-state index contributed by atoms with van der Waals surface area (Å²) in [5.74, 6) is 2.14. The van der Waals surface area contributed by atoms with Crippen molar-refractivity contribution in [1.29, 1.82) is 0 Å². The maximum absolute atomic E-state index is 3.65. The van der Waals surface area contributed by atoms with Crippen LogP contribution in [0.1, 0.15) is 198 Å². The van der Waals surface area contributed by atoms with Crippen LogP contribution >= 0.6 is 0 Å². The standard InChI is InChI=1S/C8H15N.C7H13N.2C6H11N.C5H9N.5C2H6/c1-3-7-5-2-6-8(4-1)9-7;1-2-6-4-5-7(3-1)8-6;1-5-2-6(1)4-7-3-5;1-2-6-4-3-5(1)7-6;1-2-5-3-4(1)6-5;5*1-2/h7-9H,1-6H2;6-8H,1-5H2;2*5-7H,1-4H2;4-6H,1-3H2;5*1-2H3. The summed E-state index contributed by atoms with van der Waals surface area (Å²) in [6, 6.07) is 7.34. The first-order valence-corrected chi connectivity index (χ1v) is 22.0. The van der Waals surface area contributed by atoms with Gasteiger partial charge in [-0.1, -0.05) is 88.5 Å². The Kier molecular flexibility index (Phi) is 27.2. The lowest BCUT2D eigenvalue weighted by Gasteiger charge is -2.41. The van der Waals surface area contributed by atoms with Gasteiger partial charge in [0.25, 0.3) is 0 Å². The second-order valence-corrected chi connectivity index (χ2v) is 14.4. The highest BCUT2D eigenvalue weighted by atomic mass is 15.1. The van der Waals surface area contributed by atoms with E-state index < -0.39 is 0 Å². The predicted octanol–water partition coefficient (Wildman–Crippen LogP) is 10.1. The maximum Gasteiger partial charge on any atom is 0.00850 e. The Morgan fingerprint density at radius 3 is 0.638 bits per heavy atom. The number of nitrogens with one attached hydrogen (secondary N) is 5. The van der Waals surface area contributed by atoms with Crippen molar-refractivity contribution in [3.63, 3.8) is 0 Å². The molecule has 5 heteroatoms. The molecule has 0 aromatic rings. The van der Waals surface area contributed by atoms with E-state index in [1.54, 1.807) is 0 Å². The zero-order chi connectivity index (χ0) is 34.9. The summed E-state index contributed by atoms with van der Waals surface area (Å²) < 4.78 is 0.